The van der Waals surface area contributed by atoms with Gasteiger partial charge in [0.15, 0.2) is 0 Å². The molecule has 0 spiro atoms. The number of anilines is 1. The van der Waals surface area contributed by atoms with Crippen molar-refractivity contribution in [2.45, 2.75) is 25.3 Å². The van der Waals surface area contributed by atoms with E-state index in [1.807, 2.05) is 18.3 Å². The van der Waals surface area contributed by atoms with Crippen molar-refractivity contribution < 1.29 is 0 Å². The molecule has 1 unspecified atom stereocenters. The number of hydrogen-bond acceptors (Lipinski definition) is 3. The Morgan fingerprint density at radius 3 is 3.06 bits per heavy atom. The maximum absolute atomic E-state index is 4.29. The summed E-state index contributed by atoms with van der Waals surface area (Å²) < 4.78 is 1.02. The standard InChI is InChI=1S/C12H18BrN3/c1-16-8-2-3-11(16)6-7-14-12-5-4-10(13)9-15-12/h4-5,9,11H,2-3,6-8H2,1H3,(H,14,15). The molecule has 0 amide bonds. The van der Waals surface area contributed by atoms with Crippen LogP contribution in [0.15, 0.2) is 22.8 Å². The minimum Gasteiger partial charge on any atom is -0.370 e. The van der Waals surface area contributed by atoms with Crippen LogP contribution in [0, 0.1) is 0 Å². The first-order valence-corrected chi connectivity index (χ1v) is 6.60. The number of nitrogens with one attached hydrogen (secondary N) is 1. The Morgan fingerprint density at radius 1 is 1.56 bits per heavy atom. The average Bonchev–Trinajstić information content (AvgIpc) is 2.68. The molecular formula is C12H18BrN3. The lowest BCUT2D eigenvalue weighted by Gasteiger charge is -2.19. The van der Waals surface area contributed by atoms with Crippen molar-refractivity contribution in [1.29, 1.82) is 0 Å². The summed E-state index contributed by atoms with van der Waals surface area (Å²) >= 11 is 3.38. The Labute approximate surface area is 105 Å². The molecule has 2 heterocycles. The van der Waals surface area contributed by atoms with Gasteiger partial charge in [-0.25, -0.2) is 4.98 Å². The highest BCUT2D eigenvalue weighted by molar-refractivity contribution is 9.10. The zero-order valence-electron chi connectivity index (χ0n) is 9.62. The van der Waals surface area contributed by atoms with Crippen molar-refractivity contribution >= 4 is 21.7 Å². The molecule has 16 heavy (non-hydrogen) atoms. The molecule has 0 aromatic carbocycles. The number of pyridine rings is 1. The van der Waals surface area contributed by atoms with Gasteiger partial charge in [-0.1, -0.05) is 0 Å². The largest absolute Gasteiger partial charge is 0.370 e. The Kier molecular flexibility index (Phi) is 4.18. The lowest BCUT2D eigenvalue weighted by atomic mass is 10.1. The van der Waals surface area contributed by atoms with E-state index in [0.29, 0.717) is 0 Å². The summed E-state index contributed by atoms with van der Waals surface area (Å²) in [6, 6.07) is 4.77. The van der Waals surface area contributed by atoms with Gasteiger partial charge in [0.2, 0.25) is 0 Å². The molecule has 1 saturated heterocycles. The molecule has 0 aliphatic carbocycles. The van der Waals surface area contributed by atoms with E-state index >= 15 is 0 Å². The van der Waals surface area contributed by atoms with Gasteiger partial charge in [0, 0.05) is 23.3 Å². The van der Waals surface area contributed by atoms with Crippen LogP contribution in [0.1, 0.15) is 19.3 Å². The third-order valence-corrected chi connectivity index (χ3v) is 3.65. The van der Waals surface area contributed by atoms with Crippen LogP contribution in [0.25, 0.3) is 0 Å². The third kappa shape index (κ3) is 3.19. The second-order valence-corrected chi connectivity index (χ2v) is 5.27. The maximum Gasteiger partial charge on any atom is 0.125 e. The molecule has 2 rings (SSSR count). The van der Waals surface area contributed by atoms with Gasteiger partial charge in [0.1, 0.15) is 5.82 Å². The smallest absolute Gasteiger partial charge is 0.125 e. The number of halogens is 1. The van der Waals surface area contributed by atoms with Crippen molar-refractivity contribution in [3.8, 4) is 0 Å². The van der Waals surface area contributed by atoms with Crippen LogP contribution in [0.5, 0.6) is 0 Å². The van der Waals surface area contributed by atoms with E-state index in [9.17, 15) is 0 Å². The Balaban J connectivity index is 1.73. The molecule has 1 N–H and O–H groups in total. The molecular weight excluding hydrogens is 266 g/mol. The normalized spacial score (nSPS) is 21.2. The quantitative estimate of drug-likeness (QED) is 0.921. The first kappa shape index (κ1) is 11.9. The van der Waals surface area contributed by atoms with Gasteiger partial charge >= 0.3 is 0 Å². The molecule has 3 nitrogen and oxygen atoms in total. The van der Waals surface area contributed by atoms with Crippen molar-refractivity contribution in [1.82, 2.24) is 9.88 Å². The molecule has 88 valence electrons. The van der Waals surface area contributed by atoms with Gasteiger partial charge in [-0.2, -0.15) is 0 Å². The number of aromatic nitrogens is 1. The van der Waals surface area contributed by atoms with Crippen LogP contribution in [0.4, 0.5) is 5.82 Å². The molecule has 1 fully saturated rings. The van der Waals surface area contributed by atoms with E-state index in [0.717, 1.165) is 22.9 Å². The second-order valence-electron chi connectivity index (χ2n) is 4.35. The molecule has 0 saturated carbocycles. The van der Waals surface area contributed by atoms with Crippen LogP contribution in [0.3, 0.4) is 0 Å². The fourth-order valence-corrected chi connectivity index (χ4v) is 2.43. The molecule has 1 aliphatic heterocycles. The summed E-state index contributed by atoms with van der Waals surface area (Å²) in [6.45, 7) is 2.25. The minimum atomic E-state index is 0.753. The van der Waals surface area contributed by atoms with Gasteiger partial charge in [0.05, 0.1) is 0 Å². The predicted molar refractivity (Wildman–Crippen MR) is 70.7 cm³/mol. The van der Waals surface area contributed by atoms with Crippen LogP contribution in [-0.4, -0.2) is 36.1 Å². The zero-order chi connectivity index (χ0) is 11.4. The number of nitrogens with zero attached hydrogens (tertiary/aromatic N) is 2. The van der Waals surface area contributed by atoms with E-state index in [1.54, 1.807) is 0 Å². The van der Waals surface area contributed by atoms with Gasteiger partial charge in [-0.05, 0) is 60.9 Å². The topological polar surface area (TPSA) is 28.2 Å². The summed E-state index contributed by atoms with van der Waals surface area (Å²) in [5.41, 5.74) is 0. The summed E-state index contributed by atoms with van der Waals surface area (Å²) in [4.78, 5) is 6.74. The fourth-order valence-electron chi connectivity index (χ4n) is 2.19. The van der Waals surface area contributed by atoms with E-state index in [1.165, 1.54) is 25.8 Å². The maximum atomic E-state index is 4.29. The number of likely N-dealkylation sites (tertiary alicyclic amines) is 1. The Bertz CT molecular complexity index is 326. The van der Waals surface area contributed by atoms with E-state index in [4.69, 9.17) is 0 Å². The minimum absolute atomic E-state index is 0.753. The van der Waals surface area contributed by atoms with Crippen LogP contribution in [0.2, 0.25) is 0 Å². The van der Waals surface area contributed by atoms with E-state index in [2.05, 4.69) is 38.2 Å². The number of hydrogen-bond donors (Lipinski definition) is 1. The molecule has 1 aromatic heterocycles. The summed E-state index contributed by atoms with van der Waals surface area (Å²) in [5, 5.41) is 3.36. The van der Waals surface area contributed by atoms with Gasteiger partial charge < -0.3 is 10.2 Å². The van der Waals surface area contributed by atoms with Crippen molar-refractivity contribution in [2.75, 3.05) is 25.5 Å². The van der Waals surface area contributed by atoms with Crippen LogP contribution < -0.4 is 5.32 Å². The average molecular weight is 284 g/mol. The molecule has 4 heteroatoms. The highest BCUT2D eigenvalue weighted by Gasteiger charge is 2.19. The highest BCUT2D eigenvalue weighted by atomic mass is 79.9. The van der Waals surface area contributed by atoms with Gasteiger partial charge in [-0.3, -0.25) is 0 Å². The molecule has 0 radical (unpaired) electrons. The first-order chi connectivity index (χ1) is 7.75. The Morgan fingerprint density at radius 2 is 2.44 bits per heavy atom. The summed E-state index contributed by atoms with van der Waals surface area (Å²) in [5.74, 6) is 0.962. The fraction of sp³-hybridized carbons (Fsp3) is 0.583. The van der Waals surface area contributed by atoms with Crippen LogP contribution >= 0.6 is 15.9 Å². The van der Waals surface area contributed by atoms with Crippen molar-refractivity contribution in [3.63, 3.8) is 0 Å². The first-order valence-electron chi connectivity index (χ1n) is 5.81. The molecule has 1 aromatic rings. The van der Waals surface area contributed by atoms with E-state index in [-0.39, 0.29) is 0 Å². The third-order valence-electron chi connectivity index (χ3n) is 3.18. The zero-order valence-corrected chi connectivity index (χ0v) is 11.2. The summed E-state index contributed by atoms with van der Waals surface area (Å²) in [6.07, 6.45) is 5.71. The molecule has 1 atom stereocenters. The van der Waals surface area contributed by atoms with E-state index < -0.39 is 0 Å². The number of rotatable bonds is 4. The predicted octanol–water partition coefficient (Wildman–Crippen LogP) is 2.74. The van der Waals surface area contributed by atoms with Gasteiger partial charge in [-0.15, -0.1) is 0 Å². The second kappa shape index (κ2) is 5.64. The van der Waals surface area contributed by atoms with Crippen molar-refractivity contribution in [3.05, 3.63) is 22.8 Å². The Hall–Kier alpha value is -0.610. The molecule has 1 aliphatic rings. The highest BCUT2D eigenvalue weighted by Crippen LogP contribution is 2.18. The van der Waals surface area contributed by atoms with Gasteiger partial charge in [0.25, 0.3) is 0 Å². The van der Waals surface area contributed by atoms with Crippen LogP contribution in [-0.2, 0) is 0 Å². The SMILES string of the molecule is CN1CCCC1CCNc1ccc(Br)cn1. The lowest BCUT2D eigenvalue weighted by molar-refractivity contribution is 0.301. The van der Waals surface area contributed by atoms with Crippen molar-refractivity contribution in [2.24, 2.45) is 0 Å². The lowest BCUT2D eigenvalue weighted by Crippen LogP contribution is -2.27. The molecule has 0 bridgehead atoms. The monoisotopic (exact) mass is 283 g/mol. The summed E-state index contributed by atoms with van der Waals surface area (Å²) in [7, 11) is 2.22.